The molecule has 7 heteroatoms. The van der Waals surface area contributed by atoms with Gasteiger partial charge in [0.05, 0.1) is 12.2 Å². The molecule has 3 N–H and O–H groups in total. The number of nitrogens with zero attached hydrogens (tertiary/aromatic N) is 3. The van der Waals surface area contributed by atoms with Gasteiger partial charge >= 0.3 is 6.09 Å². The number of anilines is 2. The van der Waals surface area contributed by atoms with Crippen molar-refractivity contribution in [3.63, 3.8) is 0 Å². The van der Waals surface area contributed by atoms with Crippen molar-refractivity contribution < 1.29 is 9.90 Å². The zero-order valence-corrected chi connectivity index (χ0v) is 14.9. The summed E-state index contributed by atoms with van der Waals surface area (Å²) in [4.78, 5) is 24.8. The van der Waals surface area contributed by atoms with Crippen LogP contribution in [0.2, 0.25) is 0 Å². The number of benzene rings is 2. The lowest BCUT2D eigenvalue weighted by Crippen LogP contribution is -2.29. The van der Waals surface area contributed by atoms with Crippen LogP contribution in [-0.4, -0.2) is 27.5 Å². The molecule has 0 saturated heterocycles. The second-order valence-corrected chi connectivity index (χ2v) is 6.03. The molecule has 0 aliphatic rings. The van der Waals surface area contributed by atoms with Gasteiger partial charge in [-0.3, -0.25) is 9.69 Å². The molecule has 7 nitrogen and oxygen atoms in total. The fraction of sp³-hybridized carbons (Fsp3) is 0.150. The van der Waals surface area contributed by atoms with Gasteiger partial charge in [-0.2, -0.15) is 5.10 Å². The highest BCUT2D eigenvalue weighted by molar-refractivity contribution is 5.85. The number of hydrogen-bond acceptors (Lipinski definition) is 4. The standard InChI is InChI=1S/C20H20N4O3/c1-2-23(20(26)27)17-5-3-4-14(12-17)13-24-19(25)11-10-18(22-24)15-6-8-16(21)9-7-15/h3-12H,2,13,21H2,1H3,(H,26,27). The van der Waals surface area contributed by atoms with Crippen LogP contribution in [0.1, 0.15) is 12.5 Å². The van der Waals surface area contributed by atoms with E-state index < -0.39 is 6.09 Å². The number of nitrogens with two attached hydrogens (primary N) is 1. The molecule has 0 saturated carbocycles. The first-order valence-corrected chi connectivity index (χ1v) is 8.51. The molecule has 0 spiro atoms. The van der Waals surface area contributed by atoms with Crippen LogP contribution >= 0.6 is 0 Å². The lowest BCUT2D eigenvalue weighted by Gasteiger charge is -2.18. The average Bonchev–Trinajstić information content (AvgIpc) is 2.65. The number of carboxylic acid groups (broad SMARTS) is 1. The molecule has 0 fully saturated rings. The van der Waals surface area contributed by atoms with E-state index in [1.165, 1.54) is 15.6 Å². The van der Waals surface area contributed by atoms with Gasteiger partial charge in [0.15, 0.2) is 0 Å². The first-order valence-electron chi connectivity index (χ1n) is 8.51. The zero-order chi connectivity index (χ0) is 19.4. The molecule has 0 unspecified atom stereocenters. The Labute approximate surface area is 156 Å². The molecule has 1 aromatic heterocycles. The van der Waals surface area contributed by atoms with Crippen LogP contribution < -0.4 is 16.2 Å². The molecule has 0 radical (unpaired) electrons. The predicted molar refractivity (Wildman–Crippen MR) is 105 cm³/mol. The van der Waals surface area contributed by atoms with Crippen LogP contribution in [0.5, 0.6) is 0 Å². The zero-order valence-electron chi connectivity index (χ0n) is 14.9. The molecule has 1 heterocycles. The highest BCUT2D eigenvalue weighted by Gasteiger charge is 2.12. The molecule has 0 aliphatic carbocycles. The molecule has 3 aromatic rings. The van der Waals surface area contributed by atoms with Gasteiger partial charge in [-0.05, 0) is 42.8 Å². The molecular formula is C20H20N4O3. The van der Waals surface area contributed by atoms with E-state index in [4.69, 9.17) is 5.73 Å². The van der Waals surface area contributed by atoms with E-state index in [0.29, 0.717) is 23.6 Å². The van der Waals surface area contributed by atoms with E-state index in [0.717, 1.165) is 11.1 Å². The van der Waals surface area contributed by atoms with Gasteiger partial charge in [0.2, 0.25) is 0 Å². The normalized spacial score (nSPS) is 10.6. The second-order valence-electron chi connectivity index (χ2n) is 6.03. The Balaban J connectivity index is 1.92. The summed E-state index contributed by atoms with van der Waals surface area (Å²) in [6, 6.07) is 17.5. The monoisotopic (exact) mass is 364 g/mol. The molecule has 3 rings (SSSR count). The van der Waals surface area contributed by atoms with Crippen molar-refractivity contribution in [2.24, 2.45) is 0 Å². The smallest absolute Gasteiger partial charge is 0.411 e. The van der Waals surface area contributed by atoms with Crippen molar-refractivity contribution in [1.82, 2.24) is 9.78 Å². The van der Waals surface area contributed by atoms with Crippen molar-refractivity contribution >= 4 is 17.5 Å². The molecule has 0 aliphatic heterocycles. The molecule has 0 bridgehead atoms. The Morgan fingerprint density at radius 2 is 1.89 bits per heavy atom. The number of aromatic nitrogens is 2. The molecule has 2 aromatic carbocycles. The van der Waals surface area contributed by atoms with Gasteiger partial charge in [-0.15, -0.1) is 0 Å². The van der Waals surface area contributed by atoms with E-state index in [9.17, 15) is 14.7 Å². The van der Waals surface area contributed by atoms with Crippen molar-refractivity contribution in [2.75, 3.05) is 17.2 Å². The van der Waals surface area contributed by atoms with Crippen LogP contribution in [0, 0.1) is 0 Å². The highest BCUT2D eigenvalue weighted by atomic mass is 16.4. The third-order valence-corrected chi connectivity index (χ3v) is 4.17. The van der Waals surface area contributed by atoms with Crippen molar-refractivity contribution in [3.8, 4) is 11.3 Å². The lowest BCUT2D eigenvalue weighted by molar-refractivity contribution is 0.202. The summed E-state index contributed by atoms with van der Waals surface area (Å²) in [7, 11) is 0. The van der Waals surface area contributed by atoms with Gasteiger partial charge in [0.25, 0.3) is 5.56 Å². The van der Waals surface area contributed by atoms with Crippen LogP contribution in [-0.2, 0) is 6.54 Å². The Morgan fingerprint density at radius 1 is 1.15 bits per heavy atom. The minimum atomic E-state index is -1.02. The van der Waals surface area contributed by atoms with E-state index in [1.54, 1.807) is 43.3 Å². The van der Waals surface area contributed by atoms with E-state index >= 15 is 0 Å². The summed E-state index contributed by atoms with van der Waals surface area (Å²) < 4.78 is 1.36. The molecule has 27 heavy (non-hydrogen) atoms. The molecule has 0 atom stereocenters. The van der Waals surface area contributed by atoms with E-state index in [2.05, 4.69) is 5.10 Å². The number of amides is 1. The van der Waals surface area contributed by atoms with Crippen LogP contribution in [0.3, 0.4) is 0 Å². The second kappa shape index (κ2) is 7.74. The number of carbonyl (C=O) groups is 1. The number of hydrogen-bond donors (Lipinski definition) is 2. The van der Waals surface area contributed by atoms with Crippen molar-refractivity contribution in [1.29, 1.82) is 0 Å². The van der Waals surface area contributed by atoms with Gasteiger partial charge in [-0.1, -0.05) is 24.3 Å². The van der Waals surface area contributed by atoms with Crippen LogP contribution in [0.15, 0.2) is 65.5 Å². The van der Waals surface area contributed by atoms with Gasteiger partial charge in [0, 0.05) is 29.5 Å². The summed E-state index contributed by atoms with van der Waals surface area (Å²) >= 11 is 0. The first-order chi connectivity index (χ1) is 13.0. The summed E-state index contributed by atoms with van der Waals surface area (Å²) in [6.07, 6.45) is -1.02. The summed E-state index contributed by atoms with van der Waals surface area (Å²) in [5, 5.41) is 13.7. The third kappa shape index (κ3) is 4.14. The largest absolute Gasteiger partial charge is 0.465 e. The van der Waals surface area contributed by atoms with Gasteiger partial charge in [-0.25, -0.2) is 9.48 Å². The Morgan fingerprint density at radius 3 is 2.56 bits per heavy atom. The summed E-state index contributed by atoms with van der Waals surface area (Å²) in [6.45, 7) is 2.35. The predicted octanol–water partition coefficient (Wildman–Crippen LogP) is 3.05. The average molecular weight is 364 g/mol. The molecule has 138 valence electrons. The fourth-order valence-electron chi connectivity index (χ4n) is 2.79. The maximum atomic E-state index is 12.2. The van der Waals surface area contributed by atoms with E-state index in [-0.39, 0.29) is 12.1 Å². The minimum absolute atomic E-state index is 0.231. The Bertz CT molecular complexity index is 1010. The van der Waals surface area contributed by atoms with Crippen molar-refractivity contribution in [2.45, 2.75) is 13.5 Å². The quantitative estimate of drug-likeness (QED) is 0.678. The van der Waals surface area contributed by atoms with Crippen molar-refractivity contribution in [3.05, 3.63) is 76.6 Å². The highest BCUT2D eigenvalue weighted by Crippen LogP contribution is 2.19. The van der Waals surface area contributed by atoms with Crippen LogP contribution in [0.25, 0.3) is 11.3 Å². The van der Waals surface area contributed by atoms with Gasteiger partial charge < -0.3 is 10.8 Å². The van der Waals surface area contributed by atoms with E-state index in [1.807, 2.05) is 18.2 Å². The van der Waals surface area contributed by atoms with Gasteiger partial charge in [0.1, 0.15) is 0 Å². The topological polar surface area (TPSA) is 101 Å². The number of rotatable bonds is 5. The SMILES string of the molecule is CCN(C(=O)O)c1cccc(Cn2nc(-c3ccc(N)cc3)ccc2=O)c1. The van der Waals surface area contributed by atoms with Crippen LogP contribution in [0.4, 0.5) is 16.2 Å². The summed E-state index contributed by atoms with van der Waals surface area (Å²) in [5.41, 5.74) is 9.00. The fourth-order valence-corrected chi connectivity index (χ4v) is 2.79. The first kappa shape index (κ1) is 18.2. The lowest BCUT2D eigenvalue weighted by atomic mass is 10.1. The number of nitrogen functional groups attached to an aromatic ring is 1. The summed E-state index contributed by atoms with van der Waals surface area (Å²) in [5.74, 6) is 0. The molecular weight excluding hydrogens is 344 g/mol. The Hall–Kier alpha value is -3.61. The maximum absolute atomic E-state index is 12.2. The minimum Gasteiger partial charge on any atom is -0.465 e. The third-order valence-electron chi connectivity index (χ3n) is 4.17. The Kier molecular flexibility index (Phi) is 5.21. The molecule has 1 amide bonds. The maximum Gasteiger partial charge on any atom is 0.411 e.